The fourth-order valence-electron chi connectivity index (χ4n) is 1.60. The van der Waals surface area contributed by atoms with E-state index >= 15 is 0 Å². The molecule has 0 aliphatic heterocycles. The number of carbonyl (C=O) groups excluding carboxylic acids is 1. The van der Waals surface area contributed by atoms with Crippen LogP contribution in [0.5, 0.6) is 5.75 Å². The molecule has 0 bridgehead atoms. The fourth-order valence-corrected chi connectivity index (χ4v) is 2.47. The third kappa shape index (κ3) is 4.64. The van der Waals surface area contributed by atoms with Gasteiger partial charge in [0, 0.05) is 16.4 Å². The summed E-state index contributed by atoms with van der Waals surface area (Å²) in [5, 5.41) is 3.57. The summed E-state index contributed by atoms with van der Waals surface area (Å²) >= 11 is 4.67. The van der Waals surface area contributed by atoms with Crippen molar-refractivity contribution in [3.05, 3.63) is 41.0 Å². The van der Waals surface area contributed by atoms with E-state index in [1.54, 1.807) is 31.5 Å². The van der Waals surface area contributed by atoms with Gasteiger partial charge in [-0.25, -0.2) is 4.98 Å². The first-order chi connectivity index (χ1) is 10.1. The van der Waals surface area contributed by atoms with Crippen LogP contribution >= 0.6 is 27.7 Å². The second-order valence-electron chi connectivity index (χ2n) is 4.11. The number of ether oxygens (including phenoxy) is 1. The van der Waals surface area contributed by atoms with Gasteiger partial charge in [0.2, 0.25) is 5.91 Å². The average molecular weight is 368 g/mol. The van der Waals surface area contributed by atoms with Crippen LogP contribution in [0.1, 0.15) is 0 Å². The van der Waals surface area contributed by atoms with Gasteiger partial charge in [-0.3, -0.25) is 4.79 Å². The minimum Gasteiger partial charge on any atom is -0.495 e. The Hall–Kier alpha value is -1.73. The van der Waals surface area contributed by atoms with Gasteiger partial charge in [0.05, 0.1) is 23.6 Å². The molecule has 0 unspecified atom stereocenters. The number of halogens is 1. The Morgan fingerprint density at radius 2 is 2.24 bits per heavy atom. The zero-order valence-electron chi connectivity index (χ0n) is 11.3. The SMILES string of the molecule is COc1ccc(N)cc1NC(=O)CSc1ccc(Br)cn1. The predicted octanol–water partition coefficient (Wildman–Crippen LogP) is 3.17. The van der Waals surface area contributed by atoms with Crippen LogP contribution in [-0.4, -0.2) is 23.8 Å². The lowest BCUT2D eigenvalue weighted by molar-refractivity contribution is -0.113. The van der Waals surface area contributed by atoms with Gasteiger partial charge >= 0.3 is 0 Å². The first kappa shape index (κ1) is 15.7. The number of nitrogens with zero attached hydrogens (tertiary/aromatic N) is 1. The van der Waals surface area contributed by atoms with E-state index in [4.69, 9.17) is 10.5 Å². The number of aromatic nitrogens is 1. The van der Waals surface area contributed by atoms with Gasteiger partial charge in [0.25, 0.3) is 0 Å². The molecule has 110 valence electrons. The Bertz CT molecular complexity index is 635. The number of rotatable bonds is 5. The summed E-state index contributed by atoms with van der Waals surface area (Å²) in [6.45, 7) is 0. The van der Waals surface area contributed by atoms with Crippen molar-refractivity contribution >= 4 is 45.0 Å². The Morgan fingerprint density at radius 3 is 2.90 bits per heavy atom. The predicted molar refractivity (Wildman–Crippen MR) is 88.7 cm³/mol. The summed E-state index contributed by atoms with van der Waals surface area (Å²) in [6.07, 6.45) is 1.70. The van der Waals surface area contributed by atoms with Crippen molar-refractivity contribution in [3.8, 4) is 5.75 Å². The summed E-state index contributed by atoms with van der Waals surface area (Å²) in [6, 6.07) is 8.83. The molecule has 2 aromatic rings. The van der Waals surface area contributed by atoms with Crippen LogP contribution in [-0.2, 0) is 4.79 Å². The molecule has 7 heteroatoms. The van der Waals surface area contributed by atoms with E-state index in [0.29, 0.717) is 17.1 Å². The number of carbonyl (C=O) groups is 1. The monoisotopic (exact) mass is 367 g/mol. The highest BCUT2D eigenvalue weighted by Crippen LogP contribution is 2.27. The van der Waals surface area contributed by atoms with E-state index < -0.39 is 0 Å². The van der Waals surface area contributed by atoms with E-state index in [2.05, 4.69) is 26.2 Å². The topological polar surface area (TPSA) is 77.2 Å². The normalized spacial score (nSPS) is 10.2. The molecule has 1 aromatic carbocycles. The number of hydrogen-bond acceptors (Lipinski definition) is 5. The Labute approximate surface area is 135 Å². The lowest BCUT2D eigenvalue weighted by atomic mass is 10.2. The number of thioether (sulfide) groups is 1. The summed E-state index contributed by atoms with van der Waals surface area (Å²) in [5.74, 6) is 0.685. The molecule has 0 aliphatic rings. The van der Waals surface area contributed by atoms with Crippen molar-refractivity contribution in [2.75, 3.05) is 23.9 Å². The van der Waals surface area contributed by atoms with Gasteiger partial charge in [0.1, 0.15) is 5.75 Å². The van der Waals surface area contributed by atoms with Gasteiger partial charge in [-0.15, -0.1) is 0 Å². The molecule has 1 heterocycles. The first-order valence-corrected chi connectivity index (χ1v) is 7.84. The van der Waals surface area contributed by atoms with Gasteiger partial charge in [-0.2, -0.15) is 0 Å². The maximum absolute atomic E-state index is 12.0. The first-order valence-electron chi connectivity index (χ1n) is 6.06. The molecule has 21 heavy (non-hydrogen) atoms. The van der Waals surface area contributed by atoms with Gasteiger partial charge in [0.15, 0.2) is 0 Å². The Kier molecular flexibility index (Phi) is 5.46. The number of pyridine rings is 1. The van der Waals surface area contributed by atoms with E-state index in [9.17, 15) is 4.79 Å². The third-order valence-corrected chi connectivity index (χ3v) is 3.96. The average Bonchev–Trinajstić information content (AvgIpc) is 2.47. The minimum absolute atomic E-state index is 0.145. The van der Waals surface area contributed by atoms with Crippen LogP contribution in [0, 0.1) is 0 Å². The maximum atomic E-state index is 12.0. The van der Waals surface area contributed by atoms with Crippen molar-refractivity contribution < 1.29 is 9.53 Å². The smallest absolute Gasteiger partial charge is 0.234 e. The van der Waals surface area contributed by atoms with E-state index in [1.165, 1.54) is 11.8 Å². The van der Waals surface area contributed by atoms with E-state index in [1.807, 2.05) is 12.1 Å². The molecule has 1 aromatic heterocycles. The lowest BCUT2D eigenvalue weighted by Crippen LogP contribution is -2.15. The highest BCUT2D eigenvalue weighted by molar-refractivity contribution is 9.10. The molecule has 5 nitrogen and oxygen atoms in total. The molecule has 0 saturated heterocycles. The van der Waals surface area contributed by atoms with Gasteiger partial charge in [-0.1, -0.05) is 11.8 Å². The largest absolute Gasteiger partial charge is 0.495 e. The van der Waals surface area contributed by atoms with Crippen molar-refractivity contribution in [1.82, 2.24) is 4.98 Å². The summed E-state index contributed by atoms with van der Waals surface area (Å²) < 4.78 is 6.09. The molecule has 1 amide bonds. The number of nitrogens with two attached hydrogens (primary N) is 1. The molecule has 0 saturated carbocycles. The molecule has 0 fully saturated rings. The maximum Gasteiger partial charge on any atom is 0.234 e. The number of methoxy groups -OCH3 is 1. The van der Waals surface area contributed by atoms with E-state index in [-0.39, 0.29) is 11.7 Å². The second-order valence-corrected chi connectivity index (χ2v) is 6.02. The molecular formula is C14H14BrN3O2S. The van der Waals surface area contributed by atoms with Gasteiger partial charge in [-0.05, 0) is 46.3 Å². The van der Waals surface area contributed by atoms with Crippen LogP contribution in [0.2, 0.25) is 0 Å². The second kappa shape index (κ2) is 7.33. The number of benzene rings is 1. The number of hydrogen-bond donors (Lipinski definition) is 2. The summed E-state index contributed by atoms with van der Waals surface area (Å²) in [7, 11) is 1.54. The number of anilines is 2. The highest BCUT2D eigenvalue weighted by atomic mass is 79.9. The molecule has 0 atom stereocenters. The van der Waals surface area contributed by atoms with Crippen molar-refractivity contribution in [3.63, 3.8) is 0 Å². The lowest BCUT2D eigenvalue weighted by Gasteiger charge is -2.10. The molecule has 0 spiro atoms. The molecule has 3 N–H and O–H groups in total. The quantitative estimate of drug-likeness (QED) is 0.626. The molecular weight excluding hydrogens is 354 g/mol. The molecule has 0 aliphatic carbocycles. The third-order valence-electron chi connectivity index (χ3n) is 2.55. The van der Waals surface area contributed by atoms with Crippen molar-refractivity contribution in [1.29, 1.82) is 0 Å². The van der Waals surface area contributed by atoms with E-state index in [0.717, 1.165) is 9.50 Å². The van der Waals surface area contributed by atoms with Gasteiger partial charge < -0.3 is 15.8 Å². The van der Waals surface area contributed by atoms with Crippen molar-refractivity contribution in [2.24, 2.45) is 0 Å². The fraction of sp³-hybridized carbons (Fsp3) is 0.143. The standard InChI is InChI=1S/C14H14BrN3O2S/c1-20-12-4-3-10(16)6-11(12)18-13(19)8-21-14-5-2-9(15)7-17-14/h2-7H,8,16H2,1H3,(H,18,19). The Morgan fingerprint density at radius 1 is 1.43 bits per heavy atom. The van der Waals surface area contributed by atoms with Crippen LogP contribution in [0.25, 0.3) is 0 Å². The minimum atomic E-state index is -0.145. The van der Waals surface area contributed by atoms with Crippen LogP contribution in [0.4, 0.5) is 11.4 Å². The van der Waals surface area contributed by atoms with Crippen LogP contribution in [0.3, 0.4) is 0 Å². The van der Waals surface area contributed by atoms with Crippen LogP contribution in [0.15, 0.2) is 46.0 Å². The number of amides is 1. The zero-order chi connectivity index (χ0) is 15.2. The number of nitrogens with one attached hydrogen (secondary N) is 1. The zero-order valence-corrected chi connectivity index (χ0v) is 13.7. The molecule has 0 radical (unpaired) electrons. The summed E-state index contributed by atoms with van der Waals surface area (Å²) in [5.41, 5.74) is 6.84. The Balaban J connectivity index is 1.95. The van der Waals surface area contributed by atoms with Crippen molar-refractivity contribution in [2.45, 2.75) is 5.03 Å². The highest BCUT2D eigenvalue weighted by Gasteiger charge is 2.09. The molecule has 2 rings (SSSR count). The number of nitrogen functional groups attached to an aromatic ring is 1. The van der Waals surface area contributed by atoms with Crippen LogP contribution < -0.4 is 15.8 Å². The summed E-state index contributed by atoms with van der Waals surface area (Å²) in [4.78, 5) is 16.2.